The quantitative estimate of drug-likeness (QED) is 0.821. The smallest absolute Gasteiger partial charge is 0.267 e. The predicted octanol–water partition coefficient (Wildman–Crippen LogP) is 0.481. The summed E-state index contributed by atoms with van der Waals surface area (Å²) >= 11 is 0. The molecule has 0 radical (unpaired) electrons. The molecule has 0 saturated carbocycles. The van der Waals surface area contributed by atoms with Crippen molar-refractivity contribution in [2.24, 2.45) is 5.73 Å². The Morgan fingerprint density at radius 3 is 3.11 bits per heavy atom. The number of amides is 1. The number of hydrogen-bond acceptors (Lipinski definition) is 4. The van der Waals surface area contributed by atoms with Gasteiger partial charge in [-0.1, -0.05) is 0 Å². The van der Waals surface area contributed by atoms with Gasteiger partial charge in [0, 0.05) is 18.4 Å². The lowest BCUT2D eigenvalue weighted by molar-refractivity contribution is 0.0568. The summed E-state index contributed by atoms with van der Waals surface area (Å²) in [4.78, 5) is 16.7. The molecule has 1 aliphatic heterocycles. The summed E-state index contributed by atoms with van der Waals surface area (Å²) in [5.74, 6) is -0.609. The largest absolute Gasteiger partial charge is 0.393 e. The molecule has 6 heteroatoms. The van der Waals surface area contributed by atoms with Crippen LogP contribution in [0.2, 0.25) is 0 Å². The van der Waals surface area contributed by atoms with Crippen molar-refractivity contribution in [3.05, 3.63) is 24.0 Å². The number of nitrogens with two attached hydrogens (primary N) is 1. The second-order valence-electron chi connectivity index (χ2n) is 4.60. The van der Waals surface area contributed by atoms with Crippen molar-refractivity contribution in [3.63, 3.8) is 0 Å². The summed E-state index contributed by atoms with van der Waals surface area (Å²) in [6.45, 7) is 0.316. The highest BCUT2D eigenvalue weighted by Gasteiger charge is 2.35. The van der Waals surface area contributed by atoms with Gasteiger partial charge in [0.2, 0.25) is 0 Å². The van der Waals surface area contributed by atoms with E-state index in [0.717, 1.165) is 0 Å². The number of anilines is 1. The molecule has 5 nitrogen and oxygen atoms in total. The Bertz CT molecular complexity index is 455. The molecule has 98 valence electrons. The van der Waals surface area contributed by atoms with E-state index in [0.29, 0.717) is 25.1 Å². The zero-order chi connectivity index (χ0) is 13.2. The Kier molecular flexibility index (Phi) is 3.47. The topological polar surface area (TPSA) is 79.5 Å². The van der Waals surface area contributed by atoms with Crippen LogP contribution in [0, 0.1) is 0 Å². The molecule has 2 heterocycles. The second kappa shape index (κ2) is 4.89. The average Bonchev–Trinajstić information content (AvgIpc) is 2.39. The number of alkyl halides is 1. The molecule has 0 spiro atoms. The van der Waals surface area contributed by atoms with E-state index >= 15 is 0 Å². The van der Waals surface area contributed by atoms with Crippen LogP contribution in [0.15, 0.2) is 18.3 Å². The van der Waals surface area contributed by atoms with Crippen molar-refractivity contribution in [1.29, 1.82) is 0 Å². The van der Waals surface area contributed by atoms with E-state index in [-0.39, 0.29) is 12.2 Å². The molecule has 1 fully saturated rings. The first-order chi connectivity index (χ1) is 8.54. The third-order valence-corrected chi connectivity index (χ3v) is 3.17. The third kappa shape index (κ3) is 2.59. The zero-order valence-corrected chi connectivity index (χ0v) is 9.97. The van der Waals surface area contributed by atoms with Gasteiger partial charge >= 0.3 is 0 Å². The molecule has 2 rings (SSSR count). The minimum absolute atomic E-state index is 0.117. The maximum absolute atomic E-state index is 14.1. The molecule has 1 aromatic heterocycles. The predicted molar refractivity (Wildman–Crippen MR) is 65.1 cm³/mol. The Morgan fingerprint density at radius 1 is 1.67 bits per heavy atom. The lowest BCUT2D eigenvalue weighted by Gasteiger charge is -2.37. The van der Waals surface area contributed by atoms with Crippen molar-refractivity contribution < 1.29 is 14.3 Å². The molecule has 18 heavy (non-hydrogen) atoms. The Hall–Kier alpha value is -1.69. The summed E-state index contributed by atoms with van der Waals surface area (Å²) in [6.07, 6.45) is 2.49. The van der Waals surface area contributed by atoms with E-state index in [1.54, 1.807) is 17.0 Å². The molecule has 1 aliphatic rings. The fraction of sp³-hybridized carbons (Fsp3) is 0.500. The highest BCUT2D eigenvalue weighted by Crippen LogP contribution is 2.28. The molecule has 0 bridgehead atoms. The van der Waals surface area contributed by atoms with E-state index < -0.39 is 18.2 Å². The minimum Gasteiger partial charge on any atom is -0.393 e. The van der Waals surface area contributed by atoms with E-state index in [1.165, 1.54) is 6.20 Å². The number of carbonyl (C=O) groups is 1. The van der Waals surface area contributed by atoms with Gasteiger partial charge in [0.15, 0.2) is 5.67 Å². The van der Waals surface area contributed by atoms with Gasteiger partial charge in [-0.05, 0) is 25.0 Å². The van der Waals surface area contributed by atoms with Crippen LogP contribution in [-0.2, 0) is 0 Å². The van der Waals surface area contributed by atoms with Crippen LogP contribution in [-0.4, -0.2) is 41.4 Å². The first-order valence-electron chi connectivity index (χ1n) is 5.85. The average molecular weight is 253 g/mol. The summed E-state index contributed by atoms with van der Waals surface area (Å²) in [7, 11) is 0. The van der Waals surface area contributed by atoms with Crippen molar-refractivity contribution in [3.8, 4) is 0 Å². The van der Waals surface area contributed by atoms with Crippen molar-refractivity contribution in [2.45, 2.75) is 18.5 Å². The van der Waals surface area contributed by atoms with Crippen LogP contribution in [0.3, 0.4) is 0 Å². The number of hydrogen-bond donors (Lipinski definition) is 2. The van der Waals surface area contributed by atoms with E-state index in [4.69, 9.17) is 10.8 Å². The lowest BCUT2D eigenvalue weighted by atomic mass is 9.95. The number of aromatic nitrogens is 1. The summed E-state index contributed by atoms with van der Waals surface area (Å²) in [6, 6.07) is 3.25. The number of rotatable bonds is 3. The SMILES string of the molecule is NC(=O)c1cc(N2CCCC(F)(CO)C2)ccn1. The van der Waals surface area contributed by atoms with E-state index in [2.05, 4.69) is 4.98 Å². The number of halogens is 1. The molecular weight excluding hydrogens is 237 g/mol. The zero-order valence-electron chi connectivity index (χ0n) is 9.97. The van der Waals surface area contributed by atoms with Crippen LogP contribution in [0.25, 0.3) is 0 Å². The van der Waals surface area contributed by atoms with Gasteiger partial charge in [0.25, 0.3) is 5.91 Å². The highest BCUT2D eigenvalue weighted by atomic mass is 19.1. The van der Waals surface area contributed by atoms with Crippen LogP contribution >= 0.6 is 0 Å². The van der Waals surface area contributed by atoms with E-state index in [1.807, 2.05) is 0 Å². The third-order valence-electron chi connectivity index (χ3n) is 3.17. The molecule has 0 aromatic carbocycles. The van der Waals surface area contributed by atoms with Gasteiger partial charge in [-0.25, -0.2) is 4.39 Å². The first kappa shape index (κ1) is 12.8. The van der Waals surface area contributed by atoms with Crippen molar-refractivity contribution >= 4 is 11.6 Å². The fourth-order valence-electron chi connectivity index (χ4n) is 2.19. The lowest BCUT2D eigenvalue weighted by Crippen LogP contribution is -2.47. The monoisotopic (exact) mass is 253 g/mol. The Morgan fingerprint density at radius 2 is 2.44 bits per heavy atom. The molecular formula is C12H16FN3O2. The minimum atomic E-state index is -1.57. The molecule has 1 atom stereocenters. The molecule has 0 aliphatic carbocycles. The molecule has 1 amide bonds. The van der Waals surface area contributed by atoms with Gasteiger partial charge in [-0.2, -0.15) is 0 Å². The van der Waals surface area contributed by atoms with Gasteiger partial charge in [-0.3, -0.25) is 9.78 Å². The number of nitrogens with zero attached hydrogens (tertiary/aromatic N) is 2. The second-order valence-corrected chi connectivity index (χ2v) is 4.60. The number of aliphatic hydroxyl groups excluding tert-OH is 1. The van der Waals surface area contributed by atoms with Crippen molar-refractivity contribution in [2.75, 3.05) is 24.6 Å². The fourth-order valence-corrected chi connectivity index (χ4v) is 2.19. The number of carbonyl (C=O) groups excluding carboxylic acids is 1. The maximum Gasteiger partial charge on any atom is 0.267 e. The van der Waals surface area contributed by atoms with Crippen LogP contribution < -0.4 is 10.6 Å². The number of piperidine rings is 1. The molecule has 1 aromatic rings. The number of aliphatic hydroxyl groups is 1. The first-order valence-corrected chi connectivity index (χ1v) is 5.85. The Labute approximate surface area is 104 Å². The highest BCUT2D eigenvalue weighted by molar-refractivity contribution is 5.91. The summed E-state index contributed by atoms with van der Waals surface area (Å²) in [5.41, 5.74) is 4.44. The van der Waals surface area contributed by atoms with Crippen LogP contribution in [0.5, 0.6) is 0 Å². The van der Waals surface area contributed by atoms with E-state index in [9.17, 15) is 9.18 Å². The molecule has 3 N–H and O–H groups in total. The van der Waals surface area contributed by atoms with Gasteiger partial charge < -0.3 is 15.7 Å². The van der Waals surface area contributed by atoms with Gasteiger partial charge in [0.1, 0.15) is 5.69 Å². The van der Waals surface area contributed by atoms with Crippen LogP contribution in [0.1, 0.15) is 23.3 Å². The molecule has 1 saturated heterocycles. The standard InChI is InChI=1S/C12H16FN3O2/c13-12(8-17)3-1-5-16(7-12)9-2-4-15-10(6-9)11(14)18/h2,4,6,17H,1,3,5,7-8H2,(H2,14,18). The summed E-state index contributed by atoms with van der Waals surface area (Å²) in [5, 5.41) is 9.07. The number of primary amides is 1. The number of pyridine rings is 1. The normalized spacial score (nSPS) is 24.0. The van der Waals surface area contributed by atoms with Gasteiger partial charge in [0.05, 0.1) is 13.2 Å². The molecule has 1 unspecified atom stereocenters. The summed E-state index contributed by atoms with van der Waals surface area (Å²) < 4.78 is 14.1. The van der Waals surface area contributed by atoms with Crippen molar-refractivity contribution in [1.82, 2.24) is 4.98 Å². The Balaban J connectivity index is 2.21. The van der Waals surface area contributed by atoms with Gasteiger partial charge in [-0.15, -0.1) is 0 Å². The maximum atomic E-state index is 14.1. The van der Waals surface area contributed by atoms with Crippen LogP contribution in [0.4, 0.5) is 10.1 Å².